The Balaban J connectivity index is 1.59. The van der Waals surface area contributed by atoms with E-state index in [-0.39, 0.29) is 23.7 Å². The third kappa shape index (κ3) is 6.18. The van der Waals surface area contributed by atoms with Crippen LogP contribution in [0.2, 0.25) is 0 Å². The fraction of sp³-hybridized carbons (Fsp3) is 0.190. The number of para-hydroxylation sites is 1. The first-order chi connectivity index (χ1) is 14.0. The van der Waals surface area contributed by atoms with Gasteiger partial charge in [-0.05, 0) is 23.8 Å². The number of nitrogens with one attached hydrogen (secondary N) is 2. The first kappa shape index (κ1) is 20.6. The summed E-state index contributed by atoms with van der Waals surface area (Å²) in [6, 6.07) is 14.8. The number of aromatic amines is 1. The van der Waals surface area contributed by atoms with E-state index in [1.54, 1.807) is 19.2 Å². The molecule has 29 heavy (non-hydrogen) atoms. The second kappa shape index (κ2) is 9.88. The molecule has 2 N–H and O–H groups in total. The van der Waals surface area contributed by atoms with Crippen molar-refractivity contribution in [1.29, 1.82) is 0 Å². The minimum Gasteiger partial charge on any atom is -0.496 e. The van der Waals surface area contributed by atoms with Gasteiger partial charge in [-0.1, -0.05) is 42.1 Å². The summed E-state index contributed by atoms with van der Waals surface area (Å²) in [7, 11) is 1.58. The lowest BCUT2D eigenvalue weighted by atomic mass is 10.2. The van der Waals surface area contributed by atoms with E-state index < -0.39 is 0 Å². The largest absolute Gasteiger partial charge is 0.496 e. The van der Waals surface area contributed by atoms with Crippen molar-refractivity contribution >= 4 is 17.7 Å². The van der Waals surface area contributed by atoms with Gasteiger partial charge in [-0.25, -0.2) is 9.37 Å². The summed E-state index contributed by atoms with van der Waals surface area (Å²) in [6.45, 7) is 0.318. The highest BCUT2D eigenvalue weighted by molar-refractivity contribution is 7.98. The highest BCUT2D eigenvalue weighted by atomic mass is 32.2. The predicted octanol–water partition coefficient (Wildman–Crippen LogP) is 3.07. The van der Waals surface area contributed by atoms with Gasteiger partial charge in [-0.3, -0.25) is 9.59 Å². The van der Waals surface area contributed by atoms with Crippen LogP contribution in [0.3, 0.4) is 0 Å². The third-order valence-electron chi connectivity index (χ3n) is 4.07. The number of amides is 1. The topological polar surface area (TPSA) is 84.1 Å². The average molecular weight is 413 g/mol. The van der Waals surface area contributed by atoms with E-state index in [2.05, 4.69) is 15.3 Å². The molecule has 0 saturated carbocycles. The lowest BCUT2D eigenvalue weighted by Crippen LogP contribution is -2.26. The number of halogens is 1. The first-order valence-corrected chi connectivity index (χ1v) is 9.88. The van der Waals surface area contributed by atoms with E-state index >= 15 is 0 Å². The van der Waals surface area contributed by atoms with Crippen LogP contribution in [0.4, 0.5) is 4.39 Å². The lowest BCUT2D eigenvalue weighted by molar-refractivity contribution is -0.120. The van der Waals surface area contributed by atoms with Crippen molar-refractivity contribution in [2.24, 2.45) is 0 Å². The molecule has 0 aliphatic heterocycles. The Hall–Kier alpha value is -3.13. The highest BCUT2D eigenvalue weighted by Gasteiger charge is 2.09. The molecule has 3 rings (SSSR count). The van der Waals surface area contributed by atoms with Gasteiger partial charge in [0.1, 0.15) is 11.6 Å². The van der Waals surface area contributed by atoms with Crippen LogP contribution < -0.4 is 15.6 Å². The number of methoxy groups -OCH3 is 1. The SMILES string of the molecule is COc1ccccc1CNC(=O)Cc1cc(=O)[nH]c(SCc2ccc(F)cc2)n1. The Morgan fingerprint density at radius 2 is 1.97 bits per heavy atom. The number of ether oxygens (including phenoxy) is 1. The number of benzene rings is 2. The Bertz CT molecular complexity index is 1040. The van der Waals surface area contributed by atoms with Gasteiger partial charge in [0.15, 0.2) is 5.16 Å². The van der Waals surface area contributed by atoms with Crippen LogP contribution in [0.5, 0.6) is 5.75 Å². The molecule has 3 aromatic rings. The third-order valence-corrected chi connectivity index (χ3v) is 5.02. The molecular weight excluding hydrogens is 393 g/mol. The zero-order valence-corrected chi connectivity index (χ0v) is 16.6. The molecule has 6 nitrogen and oxygen atoms in total. The molecule has 1 amide bonds. The van der Waals surface area contributed by atoms with Crippen molar-refractivity contribution in [2.45, 2.75) is 23.9 Å². The molecule has 8 heteroatoms. The quantitative estimate of drug-likeness (QED) is 0.438. The number of hydrogen-bond donors (Lipinski definition) is 2. The zero-order chi connectivity index (χ0) is 20.6. The first-order valence-electron chi connectivity index (χ1n) is 8.89. The summed E-state index contributed by atoms with van der Waals surface area (Å²) in [4.78, 5) is 31.2. The van der Waals surface area contributed by atoms with Gasteiger partial charge >= 0.3 is 0 Å². The average Bonchev–Trinajstić information content (AvgIpc) is 2.71. The molecular formula is C21H20FN3O3S. The summed E-state index contributed by atoms with van der Waals surface area (Å²) in [6.07, 6.45) is -0.0107. The van der Waals surface area contributed by atoms with E-state index in [1.807, 2.05) is 24.3 Å². The fourth-order valence-electron chi connectivity index (χ4n) is 2.64. The van der Waals surface area contributed by atoms with Crippen molar-refractivity contribution in [3.05, 3.63) is 87.6 Å². The Morgan fingerprint density at radius 3 is 2.72 bits per heavy atom. The molecule has 1 heterocycles. The highest BCUT2D eigenvalue weighted by Crippen LogP contribution is 2.19. The van der Waals surface area contributed by atoms with Gasteiger partial charge < -0.3 is 15.0 Å². The molecule has 0 bridgehead atoms. The number of carbonyl (C=O) groups is 1. The maximum atomic E-state index is 13.0. The molecule has 0 aliphatic carbocycles. The van der Waals surface area contributed by atoms with E-state index in [4.69, 9.17) is 4.74 Å². The van der Waals surface area contributed by atoms with Gasteiger partial charge in [0, 0.05) is 23.9 Å². The van der Waals surface area contributed by atoms with Crippen molar-refractivity contribution in [3.63, 3.8) is 0 Å². The van der Waals surface area contributed by atoms with E-state index in [9.17, 15) is 14.0 Å². The van der Waals surface area contributed by atoms with Crippen LogP contribution >= 0.6 is 11.8 Å². The van der Waals surface area contributed by atoms with Crippen molar-refractivity contribution in [3.8, 4) is 5.75 Å². The summed E-state index contributed by atoms with van der Waals surface area (Å²) in [5.74, 6) is 0.670. The summed E-state index contributed by atoms with van der Waals surface area (Å²) in [5, 5.41) is 3.22. The lowest BCUT2D eigenvalue weighted by Gasteiger charge is -2.09. The second-order valence-corrected chi connectivity index (χ2v) is 7.19. The number of H-pyrrole nitrogens is 1. The van der Waals surface area contributed by atoms with Gasteiger partial charge in [0.05, 0.1) is 19.2 Å². The monoisotopic (exact) mass is 413 g/mol. The summed E-state index contributed by atoms with van der Waals surface area (Å²) >= 11 is 1.31. The smallest absolute Gasteiger partial charge is 0.251 e. The number of rotatable bonds is 8. The van der Waals surface area contributed by atoms with E-state index in [1.165, 1.54) is 30.0 Å². The van der Waals surface area contributed by atoms with Crippen LogP contribution in [0, 0.1) is 5.82 Å². The summed E-state index contributed by atoms with van der Waals surface area (Å²) in [5.41, 5.74) is 1.82. The molecule has 0 radical (unpaired) electrons. The molecule has 0 spiro atoms. The predicted molar refractivity (Wildman–Crippen MR) is 109 cm³/mol. The summed E-state index contributed by atoms with van der Waals surface area (Å²) < 4.78 is 18.2. The van der Waals surface area contributed by atoms with E-state index in [0.717, 1.165) is 11.1 Å². The number of thioether (sulfide) groups is 1. The van der Waals surface area contributed by atoms with Crippen LogP contribution in [-0.2, 0) is 23.5 Å². The van der Waals surface area contributed by atoms with Gasteiger partial charge in [-0.15, -0.1) is 0 Å². The van der Waals surface area contributed by atoms with Crippen LogP contribution in [0.15, 0.2) is 64.5 Å². The van der Waals surface area contributed by atoms with Crippen molar-refractivity contribution in [2.75, 3.05) is 7.11 Å². The number of aromatic nitrogens is 2. The molecule has 0 atom stereocenters. The van der Waals surface area contributed by atoms with Crippen LogP contribution in [-0.4, -0.2) is 23.0 Å². The number of nitrogens with zero attached hydrogens (tertiary/aromatic N) is 1. The minimum absolute atomic E-state index is 0.0107. The zero-order valence-electron chi connectivity index (χ0n) is 15.8. The Kier molecular flexibility index (Phi) is 7.02. The maximum Gasteiger partial charge on any atom is 0.251 e. The normalized spacial score (nSPS) is 10.6. The number of carbonyl (C=O) groups excluding carboxylic acids is 1. The fourth-order valence-corrected chi connectivity index (χ4v) is 3.49. The second-order valence-electron chi connectivity index (χ2n) is 6.22. The van der Waals surface area contributed by atoms with E-state index in [0.29, 0.717) is 28.9 Å². The van der Waals surface area contributed by atoms with Crippen molar-refractivity contribution < 1.29 is 13.9 Å². The van der Waals surface area contributed by atoms with Gasteiger partial charge in [0.25, 0.3) is 5.56 Å². The van der Waals surface area contributed by atoms with Gasteiger partial charge in [0.2, 0.25) is 5.91 Å². The van der Waals surface area contributed by atoms with Crippen LogP contribution in [0.1, 0.15) is 16.8 Å². The molecule has 0 saturated heterocycles. The molecule has 2 aromatic carbocycles. The van der Waals surface area contributed by atoms with Crippen molar-refractivity contribution in [1.82, 2.24) is 15.3 Å². The standard InChI is InChI=1S/C21H20FN3O3S/c1-28-18-5-3-2-4-15(18)12-23-19(26)10-17-11-20(27)25-21(24-17)29-13-14-6-8-16(22)9-7-14/h2-9,11H,10,12-13H2,1H3,(H,23,26)(H,24,25,27). The number of hydrogen-bond acceptors (Lipinski definition) is 5. The molecule has 0 fully saturated rings. The Labute approximate surface area is 171 Å². The molecule has 0 unspecified atom stereocenters. The molecule has 150 valence electrons. The Morgan fingerprint density at radius 1 is 1.21 bits per heavy atom. The van der Waals surface area contributed by atoms with Gasteiger partial charge in [-0.2, -0.15) is 0 Å². The molecule has 0 aliphatic rings. The molecule has 1 aromatic heterocycles. The maximum absolute atomic E-state index is 13.0. The van der Waals surface area contributed by atoms with Crippen LogP contribution in [0.25, 0.3) is 0 Å². The minimum atomic E-state index is -0.325.